The maximum Gasteiger partial charge on any atom is 0.179 e. The number of hydrogen-bond donors (Lipinski definition) is 2. The molecule has 0 bridgehead atoms. The van der Waals surface area contributed by atoms with Crippen molar-refractivity contribution in [3.8, 4) is 11.5 Å². The molecule has 0 saturated heterocycles. The molecule has 1 unspecified atom stereocenters. The quantitative estimate of drug-likeness (QED) is 0.811. The van der Waals surface area contributed by atoms with E-state index in [1.807, 2.05) is 12.1 Å². The van der Waals surface area contributed by atoms with Crippen LogP contribution in [0.1, 0.15) is 32.8 Å². The second-order valence-electron chi connectivity index (χ2n) is 6.12. The van der Waals surface area contributed by atoms with Crippen LogP contribution in [0.5, 0.6) is 11.5 Å². The SMILES string of the molecule is COc1cc(CNC(CCO)C(C)(C)C)cc(Cl)c1OC. The summed E-state index contributed by atoms with van der Waals surface area (Å²) in [7, 11) is 3.16. The third kappa shape index (κ3) is 5.06. The van der Waals surface area contributed by atoms with Gasteiger partial charge in [0.05, 0.1) is 19.2 Å². The average Bonchev–Trinajstić information content (AvgIpc) is 2.41. The molecule has 2 N–H and O–H groups in total. The maximum absolute atomic E-state index is 9.19. The van der Waals surface area contributed by atoms with Crippen molar-refractivity contribution in [2.24, 2.45) is 5.41 Å². The molecule has 0 aliphatic carbocycles. The van der Waals surface area contributed by atoms with Gasteiger partial charge in [0.1, 0.15) is 0 Å². The summed E-state index contributed by atoms with van der Waals surface area (Å²) in [6.07, 6.45) is 0.713. The summed E-state index contributed by atoms with van der Waals surface area (Å²) in [5, 5.41) is 13.2. The first-order valence-corrected chi connectivity index (χ1v) is 7.46. The third-order valence-electron chi connectivity index (χ3n) is 3.51. The Labute approximate surface area is 132 Å². The van der Waals surface area contributed by atoms with Crippen molar-refractivity contribution in [1.29, 1.82) is 0 Å². The highest BCUT2D eigenvalue weighted by Crippen LogP contribution is 2.36. The highest BCUT2D eigenvalue weighted by Gasteiger charge is 2.23. The molecule has 21 heavy (non-hydrogen) atoms. The molecule has 0 aromatic heterocycles. The monoisotopic (exact) mass is 315 g/mol. The van der Waals surface area contributed by atoms with Crippen molar-refractivity contribution in [3.05, 3.63) is 22.7 Å². The average molecular weight is 316 g/mol. The van der Waals surface area contributed by atoms with Crippen molar-refractivity contribution in [2.75, 3.05) is 20.8 Å². The van der Waals surface area contributed by atoms with Crippen LogP contribution in [0.15, 0.2) is 12.1 Å². The van der Waals surface area contributed by atoms with Gasteiger partial charge in [-0.05, 0) is 29.5 Å². The van der Waals surface area contributed by atoms with Crippen LogP contribution in [0.25, 0.3) is 0 Å². The number of hydrogen-bond acceptors (Lipinski definition) is 4. The van der Waals surface area contributed by atoms with Crippen molar-refractivity contribution in [2.45, 2.75) is 39.8 Å². The van der Waals surface area contributed by atoms with Crippen LogP contribution in [0, 0.1) is 5.41 Å². The molecule has 0 aliphatic rings. The number of benzene rings is 1. The molecule has 0 aliphatic heterocycles. The van der Waals surface area contributed by atoms with Gasteiger partial charge < -0.3 is 19.9 Å². The van der Waals surface area contributed by atoms with E-state index in [0.29, 0.717) is 29.5 Å². The maximum atomic E-state index is 9.19. The van der Waals surface area contributed by atoms with E-state index in [9.17, 15) is 5.11 Å². The molecule has 1 atom stereocenters. The molecular formula is C16H26ClNO3. The van der Waals surface area contributed by atoms with Crippen LogP contribution >= 0.6 is 11.6 Å². The summed E-state index contributed by atoms with van der Waals surface area (Å²) in [5.41, 5.74) is 1.09. The number of aliphatic hydroxyl groups is 1. The van der Waals surface area contributed by atoms with Crippen LogP contribution in [0.2, 0.25) is 5.02 Å². The molecule has 0 radical (unpaired) electrons. The van der Waals surface area contributed by atoms with Crippen molar-refractivity contribution in [1.82, 2.24) is 5.32 Å². The highest BCUT2D eigenvalue weighted by atomic mass is 35.5. The number of ether oxygens (including phenoxy) is 2. The lowest BCUT2D eigenvalue weighted by atomic mass is 9.85. The zero-order valence-corrected chi connectivity index (χ0v) is 14.3. The van der Waals surface area contributed by atoms with E-state index in [1.54, 1.807) is 14.2 Å². The first kappa shape index (κ1) is 18.1. The Bertz CT molecular complexity index is 458. The molecule has 1 aromatic rings. The van der Waals surface area contributed by atoms with Gasteiger partial charge >= 0.3 is 0 Å². The number of halogens is 1. The lowest BCUT2D eigenvalue weighted by molar-refractivity contribution is 0.196. The molecule has 4 nitrogen and oxygen atoms in total. The van der Waals surface area contributed by atoms with Crippen LogP contribution < -0.4 is 14.8 Å². The van der Waals surface area contributed by atoms with Gasteiger partial charge in [-0.15, -0.1) is 0 Å². The second kappa shape index (κ2) is 7.87. The van der Waals surface area contributed by atoms with Gasteiger partial charge in [-0.2, -0.15) is 0 Å². The number of nitrogens with one attached hydrogen (secondary N) is 1. The molecular weight excluding hydrogens is 290 g/mol. The fraction of sp³-hybridized carbons (Fsp3) is 0.625. The van der Waals surface area contributed by atoms with Crippen molar-refractivity contribution in [3.63, 3.8) is 0 Å². The number of aliphatic hydroxyl groups excluding tert-OH is 1. The Hall–Kier alpha value is -0.970. The summed E-state index contributed by atoms with van der Waals surface area (Å²) in [4.78, 5) is 0. The van der Waals surface area contributed by atoms with Gasteiger partial charge in [-0.3, -0.25) is 0 Å². The Morgan fingerprint density at radius 3 is 2.38 bits per heavy atom. The van der Waals surface area contributed by atoms with E-state index >= 15 is 0 Å². The molecule has 0 saturated carbocycles. The van der Waals surface area contributed by atoms with Gasteiger partial charge in [0.25, 0.3) is 0 Å². The summed E-state index contributed by atoms with van der Waals surface area (Å²) in [6.45, 7) is 7.29. The van der Waals surface area contributed by atoms with Gasteiger partial charge in [-0.25, -0.2) is 0 Å². The van der Waals surface area contributed by atoms with E-state index in [1.165, 1.54) is 0 Å². The van der Waals surface area contributed by atoms with E-state index in [2.05, 4.69) is 26.1 Å². The number of rotatable bonds is 7. The van der Waals surface area contributed by atoms with Gasteiger partial charge in [0, 0.05) is 19.2 Å². The van der Waals surface area contributed by atoms with Crippen LogP contribution in [-0.2, 0) is 6.54 Å². The van der Waals surface area contributed by atoms with Crippen LogP contribution in [-0.4, -0.2) is 32.0 Å². The van der Waals surface area contributed by atoms with Crippen LogP contribution in [0.4, 0.5) is 0 Å². The van der Waals surface area contributed by atoms with Gasteiger partial charge in [-0.1, -0.05) is 32.4 Å². The first-order chi connectivity index (χ1) is 9.83. The van der Waals surface area contributed by atoms with E-state index < -0.39 is 0 Å². The third-order valence-corrected chi connectivity index (χ3v) is 3.79. The summed E-state index contributed by atoms with van der Waals surface area (Å²) in [6, 6.07) is 4.00. The smallest absolute Gasteiger partial charge is 0.179 e. The fourth-order valence-corrected chi connectivity index (χ4v) is 2.60. The Balaban J connectivity index is 2.85. The van der Waals surface area contributed by atoms with Crippen molar-refractivity contribution >= 4 is 11.6 Å². The minimum atomic E-state index is 0.0725. The lowest BCUT2D eigenvalue weighted by Crippen LogP contribution is -2.40. The van der Waals surface area contributed by atoms with E-state index in [4.69, 9.17) is 21.1 Å². The minimum absolute atomic E-state index is 0.0725. The summed E-state index contributed by atoms with van der Waals surface area (Å²) >= 11 is 6.21. The standard InChI is InChI=1S/C16H26ClNO3/c1-16(2,3)14(6-7-19)18-10-11-8-12(17)15(21-5)13(9-11)20-4/h8-9,14,18-19H,6-7,10H2,1-5H3. The van der Waals surface area contributed by atoms with Crippen molar-refractivity contribution < 1.29 is 14.6 Å². The molecule has 0 amide bonds. The van der Waals surface area contributed by atoms with Gasteiger partial charge in [0.2, 0.25) is 0 Å². The molecule has 0 heterocycles. The molecule has 0 fully saturated rings. The minimum Gasteiger partial charge on any atom is -0.493 e. The molecule has 1 aromatic carbocycles. The Kier molecular flexibility index (Phi) is 6.78. The Morgan fingerprint density at radius 1 is 1.24 bits per heavy atom. The molecule has 5 heteroatoms. The molecule has 120 valence electrons. The topological polar surface area (TPSA) is 50.7 Å². The predicted octanol–water partition coefficient (Wildman–Crippen LogP) is 3.24. The van der Waals surface area contributed by atoms with E-state index in [0.717, 1.165) is 5.56 Å². The molecule has 0 spiro atoms. The van der Waals surface area contributed by atoms with E-state index in [-0.39, 0.29) is 18.1 Å². The second-order valence-corrected chi connectivity index (χ2v) is 6.53. The normalized spacial score (nSPS) is 13.1. The zero-order valence-electron chi connectivity index (χ0n) is 13.5. The zero-order chi connectivity index (χ0) is 16.0. The lowest BCUT2D eigenvalue weighted by Gasteiger charge is -2.31. The number of methoxy groups -OCH3 is 2. The highest BCUT2D eigenvalue weighted by molar-refractivity contribution is 6.32. The molecule has 1 rings (SSSR count). The van der Waals surface area contributed by atoms with Gasteiger partial charge in [0.15, 0.2) is 11.5 Å². The summed E-state index contributed by atoms with van der Waals surface area (Å²) < 4.78 is 10.5. The largest absolute Gasteiger partial charge is 0.493 e. The van der Waals surface area contributed by atoms with Crippen LogP contribution in [0.3, 0.4) is 0 Å². The summed E-state index contributed by atoms with van der Waals surface area (Å²) in [5.74, 6) is 1.17. The first-order valence-electron chi connectivity index (χ1n) is 7.08. The Morgan fingerprint density at radius 2 is 1.90 bits per heavy atom. The fourth-order valence-electron chi connectivity index (χ4n) is 2.28. The predicted molar refractivity (Wildman–Crippen MR) is 86.3 cm³/mol.